The second-order valence-electron chi connectivity index (χ2n) is 12.5. The van der Waals surface area contributed by atoms with Gasteiger partial charge in [-0.3, -0.25) is 0 Å². The Morgan fingerprint density at radius 3 is 2.53 bits per heavy atom. The van der Waals surface area contributed by atoms with E-state index in [2.05, 4.69) is 26.8 Å². The van der Waals surface area contributed by atoms with E-state index in [1.165, 1.54) is 51.5 Å². The molecule has 0 bridgehead atoms. The number of aliphatic hydroxyl groups excluding tert-OH is 1. The monoisotopic (exact) mass is 422 g/mol. The average molecular weight is 423 g/mol. The van der Waals surface area contributed by atoms with E-state index in [9.17, 15) is 13.9 Å². The fourth-order valence-electron chi connectivity index (χ4n) is 8.57. The van der Waals surface area contributed by atoms with Crippen LogP contribution in [0, 0.1) is 40.4 Å². The van der Waals surface area contributed by atoms with Gasteiger partial charge in [0.05, 0.1) is 6.10 Å². The van der Waals surface area contributed by atoms with Crippen LogP contribution < -0.4 is 0 Å². The molecule has 4 aliphatic carbocycles. The second-order valence-corrected chi connectivity index (χ2v) is 12.5. The number of allylic oxidation sites excluding steroid dienone is 1. The van der Waals surface area contributed by atoms with Crippen LogP contribution in [0.4, 0.5) is 8.78 Å². The van der Waals surface area contributed by atoms with Crippen LogP contribution in [0.5, 0.6) is 0 Å². The molecule has 4 rings (SSSR count). The summed E-state index contributed by atoms with van der Waals surface area (Å²) in [5, 5.41) is 10.2. The van der Waals surface area contributed by atoms with E-state index in [1.807, 2.05) is 0 Å². The Morgan fingerprint density at radius 1 is 1.10 bits per heavy atom. The van der Waals surface area contributed by atoms with Gasteiger partial charge in [-0.15, -0.1) is 0 Å². The van der Waals surface area contributed by atoms with Crippen molar-refractivity contribution in [2.45, 2.75) is 117 Å². The van der Waals surface area contributed by atoms with Crippen LogP contribution in [0.3, 0.4) is 0 Å². The molecular weight excluding hydrogens is 378 g/mol. The van der Waals surface area contributed by atoms with Crippen LogP contribution in [0.25, 0.3) is 0 Å². The summed E-state index contributed by atoms with van der Waals surface area (Å²) in [7, 11) is 0. The Kier molecular flexibility index (Phi) is 5.95. The molecule has 3 heteroatoms. The van der Waals surface area contributed by atoms with Crippen molar-refractivity contribution in [1.82, 2.24) is 0 Å². The first-order chi connectivity index (χ1) is 14.0. The van der Waals surface area contributed by atoms with Gasteiger partial charge in [-0.05, 0) is 118 Å². The maximum atomic E-state index is 14.2. The molecule has 0 amide bonds. The van der Waals surface area contributed by atoms with Gasteiger partial charge in [0.2, 0.25) is 0 Å². The van der Waals surface area contributed by atoms with Gasteiger partial charge in [-0.2, -0.15) is 0 Å². The van der Waals surface area contributed by atoms with Crippen LogP contribution in [0.1, 0.15) is 98.8 Å². The summed E-state index contributed by atoms with van der Waals surface area (Å²) < 4.78 is 28.2. The first kappa shape index (κ1) is 22.7. The van der Waals surface area contributed by atoms with Crippen molar-refractivity contribution in [3.8, 4) is 0 Å². The number of hydrogen-bond acceptors (Lipinski definition) is 1. The lowest BCUT2D eigenvalue weighted by molar-refractivity contribution is -0.0579. The third-order valence-electron chi connectivity index (χ3n) is 10.5. The topological polar surface area (TPSA) is 20.2 Å². The zero-order valence-corrected chi connectivity index (χ0v) is 19.9. The SMILES string of the molecule is C[C@H](CCC(F)C(C)(C)F)[C@H]1CC[C@H]2[C@@H]3CC=C4CC(O)CC[C@]4(C)[C@H]3CC[C@]12C. The zero-order chi connectivity index (χ0) is 21.9. The normalized spacial score (nSPS) is 45.7. The number of aliphatic hydroxyl groups is 1. The number of rotatable bonds is 5. The summed E-state index contributed by atoms with van der Waals surface area (Å²) in [4.78, 5) is 0. The Labute approximate surface area is 183 Å². The second kappa shape index (κ2) is 7.85. The molecule has 9 atom stereocenters. The van der Waals surface area contributed by atoms with E-state index in [1.54, 1.807) is 0 Å². The van der Waals surface area contributed by atoms with E-state index < -0.39 is 11.8 Å². The van der Waals surface area contributed by atoms with Gasteiger partial charge >= 0.3 is 0 Å². The first-order valence-corrected chi connectivity index (χ1v) is 12.7. The molecule has 0 radical (unpaired) electrons. The lowest BCUT2D eigenvalue weighted by atomic mass is 9.47. The van der Waals surface area contributed by atoms with E-state index in [4.69, 9.17) is 0 Å². The highest BCUT2D eigenvalue weighted by atomic mass is 19.2. The minimum absolute atomic E-state index is 0.139. The molecule has 1 nitrogen and oxygen atoms in total. The van der Waals surface area contributed by atoms with Gasteiger partial charge in [-0.25, -0.2) is 8.78 Å². The lowest BCUT2D eigenvalue weighted by Gasteiger charge is -2.58. The summed E-state index contributed by atoms with van der Waals surface area (Å²) in [5.41, 5.74) is 0.459. The van der Waals surface area contributed by atoms with Crippen LogP contribution in [-0.4, -0.2) is 23.1 Å². The summed E-state index contributed by atoms with van der Waals surface area (Å²) in [6, 6.07) is 0. The summed E-state index contributed by atoms with van der Waals surface area (Å²) in [6.07, 6.45) is 11.5. The van der Waals surface area contributed by atoms with Crippen molar-refractivity contribution >= 4 is 0 Å². The molecule has 0 aliphatic heterocycles. The maximum Gasteiger partial charge on any atom is 0.136 e. The van der Waals surface area contributed by atoms with Crippen molar-refractivity contribution in [3.63, 3.8) is 0 Å². The Morgan fingerprint density at radius 2 is 1.83 bits per heavy atom. The third kappa shape index (κ3) is 3.69. The van der Waals surface area contributed by atoms with Gasteiger partial charge in [0, 0.05) is 0 Å². The molecule has 0 aromatic rings. The Balaban J connectivity index is 1.47. The number of hydrogen-bond donors (Lipinski definition) is 1. The van der Waals surface area contributed by atoms with Crippen LogP contribution >= 0.6 is 0 Å². The van der Waals surface area contributed by atoms with Crippen LogP contribution in [-0.2, 0) is 0 Å². The van der Waals surface area contributed by atoms with E-state index in [0.717, 1.165) is 43.4 Å². The molecule has 0 heterocycles. The molecule has 3 saturated carbocycles. The van der Waals surface area contributed by atoms with Crippen molar-refractivity contribution in [2.24, 2.45) is 40.4 Å². The molecule has 4 aliphatic rings. The van der Waals surface area contributed by atoms with Gasteiger partial charge in [0.1, 0.15) is 11.8 Å². The lowest BCUT2D eigenvalue weighted by Crippen LogP contribution is -2.50. The number of halogens is 2. The Bertz CT molecular complexity index is 666. The van der Waals surface area contributed by atoms with Crippen molar-refractivity contribution in [2.75, 3.05) is 0 Å². The highest BCUT2D eigenvalue weighted by molar-refractivity contribution is 5.25. The fourth-order valence-corrected chi connectivity index (χ4v) is 8.57. The van der Waals surface area contributed by atoms with E-state index >= 15 is 0 Å². The smallest absolute Gasteiger partial charge is 0.136 e. The molecule has 0 aromatic heterocycles. The van der Waals surface area contributed by atoms with Crippen molar-refractivity contribution in [3.05, 3.63) is 11.6 Å². The van der Waals surface area contributed by atoms with Gasteiger partial charge in [0.25, 0.3) is 0 Å². The van der Waals surface area contributed by atoms with Crippen molar-refractivity contribution < 1.29 is 13.9 Å². The molecule has 172 valence electrons. The quantitative estimate of drug-likeness (QED) is 0.457. The number of alkyl halides is 2. The highest BCUT2D eigenvalue weighted by Crippen LogP contribution is 2.67. The Hall–Kier alpha value is -0.440. The molecular formula is C27H44F2O. The average Bonchev–Trinajstić information content (AvgIpc) is 3.03. The fraction of sp³-hybridized carbons (Fsp3) is 0.926. The van der Waals surface area contributed by atoms with Crippen LogP contribution in [0.15, 0.2) is 11.6 Å². The van der Waals surface area contributed by atoms with Crippen molar-refractivity contribution in [1.29, 1.82) is 0 Å². The van der Waals surface area contributed by atoms with Gasteiger partial charge in [-0.1, -0.05) is 32.4 Å². The molecule has 1 N–H and O–H groups in total. The molecule has 0 aromatic carbocycles. The maximum absolute atomic E-state index is 14.2. The van der Waals surface area contributed by atoms with E-state index in [-0.39, 0.29) is 6.10 Å². The van der Waals surface area contributed by atoms with E-state index in [0.29, 0.717) is 29.1 Å². The van der Waals surface area contributed by atoms with Crippen LogP contribution in [0.2, 0.25) is 0 Å². The molecule has 0 spiro atoms. The van der Waals surface area contributed by atoms with Gasteiger partial charge < -0.3 is 5.11 Å². The molecule has 30 heavy (non-hydrogen) atoms. The zero-order valence-electron chi connectivity index (χ0n) is 19.9. The largest absolute Gasteiger partial charge is 0.393 e. The highest BCUT2D eigenvalue weighted by Gasteiger charge is 2.59. The minimum Gasteiger partial charge on any atom is -0.393 e. The number of fused-ring (bicyclic) bond motifs is 5. The molecule has 2 unspecified atom stereocenters. The predicted molar refractivity (Wildman–Crippen MR) is 120 cm³/mol. The minimum atomic E-state index is -1.73. The predicted octanol–water partition coefficient (Wildman–Crippen LogP) is 7.43. The molecule has 0 saturated heterocycles. The summed E-state index contributed by atoms with van der Waals surface area (Å²) in [5.74, 6) is 3.41. The third-order valence-corrected chi connectivity index (χ3v) is 10.5. The van der Waals surface area contributed by atoms with Gasteiger partial charge in [0.15, 0.2) is 0 Å². The summed E-state index contributed by atoms with van der Waals surface area (Å²) in [6.45, 7) is 10.0. The first-order valence-electron chi connectivity index (χ1n) is 12.7. The molecule has 3 fully saturated rings. The summed E-state index contributed by atoms with van der Waals surface area (Å²) >= 11 is 0. The standard InChI is InChI=1S/C27H44F2O/c1-17(6-11-24(28)25(2,3)29)21-9-10-22-20-8-7-18-16-19(30)12-14-26(18,4)23(20)13-15-27(21,22)5/h7,17,19-24,30H,6,8-16H2,1-5H3/t17-,19?,20+,21-,22+,23+,24?,26+,27-/m1/s1.